The first-order valence-corrected chi connectivity index (χ1v) is 11.7. The van der Waals surface area contributed by atoms with Crippen LogP contribution in [0.25, 0.3) is 16.8 Å². The van der Waals surface area contributed by atoms with E-state index in [2.05, 4.69) is 5.32 Å². The molecule has 0 bridgehead atoms. The first-order chi connectivity index (χ1) is 17.4. The topological polar surface area (TPSA) is 75.7 Å². The molecule has 1 heterocycles. The molecule has 0 aliphatic carbocycles. The van der Waals surface area contributed by atoms with Gasteiger partial charge in [-0.2, -0.15) is 0 Å². The zero-order valence-corrected chi connectivity index (χ0v) is 20.1. The first-order valence-electron chi connectivity index (χ1n) is 11.3. The number of nitrogens with one attached hydrogen (secondary N) is 1. The standard InChI is InChI=1S/C29H21ClN2O4/c1-18-6-13-22(14-7-18)32-28(34)25(27(33)31-29(32)35)16-24-23-5-3-2-4-20(23)10-15-26(24)36-17-19-8-11-21(30)12-9-19/h2-16H,17H2,1H3,(H,31,33,35)/b25-16+. The van der Waals surface area contributed by atoms with E-state index < -0.39 is 17.8 Å². The zero-order valence-electron chi connectivity index (χ0n) is 19.3. The maximum atomic E-state index is 13.4. The number of hydrogen-bond donors (Lipinski definition) is 1. The maximum absolute atomic E-state index is 13.4. The third-order valence-electron chi connectivity index (χ3n) is 5.92. The van der Waals surface area contributed by atoms with Crippen molar-refractivity contribution in [2.45, 2.75) is 13.5 Å². The number of halogens is 1. The van der Waals surface area contributed by atoms with Crippen LogP contribution in [0.5, 0.6) is 5.75 Å². The highest BCUT2D eigenvalue weighted by Crippen LogP contribution is 2.32. The molecule has 1 fully saturated rings. The predicted octanol–water partition coefficient (Wildman–Crippen LogP) is 6.05. The monoisotopic (exact) mass is 496 g/mol. The number of rotatable bonds is 5. The van der Waals surface area contributed by atoms with E-state index in [9.17, 15) is 14.4 Å². The third kappa shape index (κ3) is 4.59. The number of ether oxygens (including phenoxy) is 1. The minimum absolute atomic E-state index is 0.164. The molecular formula is C29H21ClN2O4. The number of imide groups is 2. The molecule has 1 aliphatic rings. The lowest BCUT2D eigenvalue weighted by molar-refractivity contribution is -0.122. The minimum atomic E-state index is -0.789. The Kier molecular flexibility index (Phi) is 6.27. The van der Waals surface area contributed by atoms with E-state index in [1.807, 2.05) is 49.4 Å². The quantitative estimate of drug-likeness (QED) is 0.270. The molecule has 5 rings (SSSR count). The molecular weight excluding hydrogens is 476 g/mol. The average Bonchev–Trinajstić information content (AvgIpc) is 2.87. The number of aryl methyl sites for hydroxylation is 1. The smallest absolute Gasteiger partial charge is 0.335 e. The number of fused-ring (bicyclic) bond motifs is 1. The fourth-order valence-corrected chi connectivity index (χ4v) is 4.15. The summed E-state index contributed by atoms with van der Waals surface area (Å²) in [7, 11) is 0. The summed E-state index contributed by atoms with van der Waals surface area (Å²) in [4.78, 5) is 39.8. The van der Waals surface area contributed by atoms with Crippen LogP contribution in [0.2, 0.25) is 5.02 Å². The van der Waals surface area contributed by atoms with Crippen LogP contribution in [0.4, 0.5) is 10.5 Å². The Balaban J connectivity index is 1.57. The molecule has 0 saturated carbocycles. The van der Waals surface area contributed by atoms with Gasteiger partial charge in [0.15, 0.2) is 0 Å². The summed E-state index contributed by atoms with van der Waals surface area (Å²) >= 11 is 5.98. The van der Waals surface area contributed by atoms with Gasteiger partial charge in [-0.1, -0.05) is 71.8 Å². The van der Waals surface area contributed by atoms with E-state index >= 15 is 0 Å². The van der Waals surface area contributed by atoms with Crippen molar-refractivity contribution in [3.8, 4) is 5.75 Å². The number of barbiturate groups is 1. The Morgan fingerprint density at radius 1 is 0.889 bits per heavy atom. The summed E-state index contributed by atoms with van der Waals surface area (Å²) in [6.07, 6.45) is 1.49. The number of nitrogens with zero attached hydrogens (tertiary/aromatic N) is 1. The number of benzene rings is 4. The number of urea groups is 1. The molecule has 0 spiro atoms. The average molecular weight is 497 g/mol. The van der Waals surface area contributed by atoms with Crippen molar-refractivity contribution in [2.75, 3.05) is 4.90 Å². The molecule has 4 aromatic carbocycles. The van der Waals surface area contributed by atoms with Gasteiger partial charge in [0, 0.05) is 10.6 Å². The number of hydrogen-bond acceptors (Lipinski definition) is 4. The van der Waals surface area contributed by atoms with Gasteiger partial charge in [-0.05, 0) is 59.7 Å². The van der Waals surface area contributed by atoms with Crippen LogP contribution < -0.4 is 15.0 Å². The highest BCUT2D eigenvalue weighted by molar-refractivity contribution is 6.39. The molecule has 36 heavy (non-hydrogen) atoms. The second-order valence-corrected chi connectivity index (χ2v) is 8.84. The second kappa shape index (κ2) is 9.68. The molecule has 7 heteroatoms. The van der Waals surface area contributed by atoms with Crippen LogP contribution >= 0.6 is 11.6 Å². The number of anilines is 1. The molecule has 1 saturated heterocycles. The Morgan fingerprint density at radius 2 is 1.61 bits per heavy atom. The number of carbonyl (C=O) groups excluding carboxylic acids is 3. The van der Waals surface area contributed by atoms with E-state index in [1.54, 1.807) is 42.5 Å². The van der Waals surface area contributed by atoms with Gasteiger partial charge >= 0.3 is 6.03 Å². The van der Waals surface area contributed by atoms with Gasteiger partial charge in [0.25, 0.3) is 11.8 Å². The van der Waals surface area contributed by atoms with Gasteiger partial charge in [0.05, 0.1) is 5.69 Å². The lowest BCUT2D eigenvalue weighted by atomic mass is 9.99. The Labute approximate surface area is 212 Å². The van der Waals surface area contributed by atoms with E-state index in [-0.39, 0.29) is 12.2 Å². The largest absolute Gasteiger partial charge is 0.488 e. The number of amides is 4. The molecule has 1 aliphatic heterocycles. The predicted molar refractivity (Wildman–Crippen MR) is 140 cm³/mol. The van der Waals surface area contributed by atoms with Gasteiger partial charge in [-0.3, -0.25) is 14.9 Å². The molecule has 6 nitrogen and oxygen atoms in total. The normalized spacial score (nSPS) is 14.9. The molecule has 4 amide bonds. The van der Waals surface area contributed by atoms with Crippen LogP contribution in [-0.4, -0.2) is 17.8 Å². The fourth-order valence-electron chi connectivity index (χ4n) is 4.02. The molecule has 0 atom stereocenters. The minimum Gasteiger partial charge on any atom is -0.488 e. The Bertz CT molecular complexity index is 1530. The van der Waals surface area contributed by atoms with Crippen molar-refractivity contribution in [1.29, 1.82) is 0 Å². The van der Waals surface area contributed by atoms with Crippen LogP contribution in [0, 0.1) is 6.92 Å². The number of carbonyl (C=O) groups is 3. The zero-order chi connectivity index (χ0) is 25.2. The highest BCUT2D eigenvalue weighted by atomic mass is 35.5. The van der Waals surface area contributed by atoms with E-state index in [0.29, 0.717) is 22.0 Å². The van der Waals surface area contributed by atoms with Crippen LogP contribution in [0.1, 0.15) is 16.7 Å². The van der Waals surface area contributed by atoms with Gasteiger partial charge in [-0.25, -0.2) is 9.69 Å². The van der Waals surface area contributed by atoms with Crippen molar-refractivity contribution in [3.05, 3.63) is 112 Å². The van der Waals surface area contributed by atoms with Gasteiger partial charge in [0.2, 0.25) is 0 Å². The summed E-state index contributed by atoms with van der Waals surface area (Å²) in [5, 5.41) is 4.63. The van der Waals surface area contributed by atoms with Crippen LogP contribution in [0.3, 0.4) is 0 Å². The lowest BCUT2D eigenvalue weighted by Crippen LogP contribution is -2.54. The van der Waals surface area contributed by atoms with E-state index in [4.69, 9.17) is 16.3 Å². The summed E-state index contributed by atoms with van der Waals surface area (Å²) in [5.41, 5.74) is 2.67. The van der Waals surface area contributed by atoms with Gasteiger partial charge in [0.1, 0.15) is 17.9 Å². The second-order valence-electron chi connectivity index (χ2n) is 8.41. The van der Waals surface area contributed by atoms with Crippen molar-refractivity contribution in [1.82, 2.24) is 5.32 Å². The van der Waals surface area contributed by atoms with Crippen molar-refractivity contribution in [2.24, 2.45) is 0 Å². The van der Waals surface area contributed by atoms with Crippen LogP contribution in [0.15, 0.2) is 90.5 Å². The molecule has 0 unspecified atom stereocenters. The summed E-state index contributed by atoms with van der Waals surface area (Å²) < 4.78 is 6.12. The Hall–Kier alpha value is -4.42. The lowest BCUT2D eigenvalue weighted by Gasteiger charge is -2.26. The molecule has 0 radical (unpaired) electrons. The van der Waals surface area contributed by atoms with Gasteiger partial charge in [-0.15, -0.1) is 0 Å². The molecule has 1 N–H and O–H groups in total. The first kappa shape index (κ1) is 23.3. The maximum Gasteiger partial charge on any atom is 0.335 e. The fraction of sp³-hybridized carbons (Fsp3) is 0.0690. The molecule has 178 valence electrons. The van der Waals surface area contributed by atoms with Gasteiger partial charge < -0.3 is 4.74 Å². The SMILES string of the molecule is Cc1ccc(N2C(=O)NC(=O)/C(=C\c3c(OCc4ccc(Cl)cc4)ccc4ccccc34)C2=O)cc1. The van der Waals surface area contributed by atoms with Crippen molar-refractivity contribution < 1.29 is 19.1 Å². The van der Waals surface area contributed by atoms with E-state index in [1.165, 1.54) is 6.08 Å². The van der Waals surface area contributed by atoms with Crippen molar-refractivity contribution >= 4 is 52.0 Å². The molecule has 4 aromatic rings. The Morgan fingerprint density at radius 3 is 2.36 bits per heavy atom. The highest BCUT2D eigenvalue weighted by Gasteiger charge is 2.37. The van der Waals surface area contributed by atoms with Crippen molar-refractivity contribution in [3.63, 3.8) is 0 Å². The summed E-state index contributed by atoms with van der Waals surface area (Å²) in [5.74, 6) is -0.968. The van der Waals surface area contributed by atoms with Crippen LogP contribution in [-0.2, 0) is 16.2 Å². The van der Waals surface area contributed by atoms with E-state index in [0.717, 1.165) is 26.8 Å². The summed E-state index contributed by atoms with van der Waals surface area (Å²) in [6.45, 7) is 2.17. The summed E-state index contributed by atoms with van der Waals surface area (Å²) in [6, 6.07) is 24.8. The molecule has 0 aromatic heterocycles. The third-order valence-corrected chi connectivity index (χ3v) is 6.17.